The number of hydrogen-bond donors (Lipinski definition) is 1. The maximum Gasteiger partial charge on any atom is 0.416 e. The average Bonchev–Trinajstić information content (AvgIpc) is 3.02. The van der Waals surface area contributed by atoms with Crippen LogP contribution in [-0.2, 0) is 17.3 Å². The monoisotopic (exact) mass is 408 g/mol. The van der Waals surface area contributed by atoms with Gasteiger partial charge in [-0.3, -0.25) is 0 Å². The van der Waals surface area contributed by atoms with E-state index in [2.05, 4.69) is 27.0 Å². The molecule has 156 valence electrons. The number of hydrogen-bond acceptors (Lipinski definition) is 6. The lowest BCUT2D eigenvalue weighted by Crippen LogP contribution is -2.46. The number of nitrogens with zero attached hydrogens (tertiary/aromatic N) is 4. The number of aromatic hydroxyl groups is 1. The molecule has 3 heterocycles. The van der Waals surface area contributed by atoms with Crippen molar-refractivity contribution in [1.29, 1.82) is 0 Å². The van der Waals surface area contributed by atoms with Crippen molar-refractivity contribution < 1.29 is 23.0 Å². The minimum absolute atomic E-state index is 0.0994. The standard InChI is InChI=1S/C20H23F3N4O2/c1-12-7-14(20(21,22)23)9-17(28)18(12)16-8-13-3-4-27(19(13)25-24-16)11-15-10-26(2)5-6-29-15/h7-9,15,28H,3-6,10-11H2,1-2H3/t15-/m1/s1. The Bertz CT molecular complexity index is 896. The minimum atomic E-state index is -4.51. The first kappa shape index (κ1) is 19.9. The molecule has 29 heavy (non-hydrogen) atoms. The Morgan fingerprint density at radius 1 is 1.21 bits per heavy atom. The molecule has 6 nitrogen and oxygen atoms in total. The summed E-state index contributed by atoms with van der Waals surface area (Å²) in [5.41, 5.74) is 1.05. The molecule has 1 N–H and O–H groups in total. The third-order valence-electron chi connectivity index (χ3n) is 5.47. The molecule has 0 saturated carbocycles. The maximum atomic E-state index is 13.0. The van der Waals surface area contributed by atoms with Crippen molar-refractivity contribution in [2.75, 3.05) is 44.7 Å². The summed E-state index contributed by atoms with van der Waals surface area (Å²) in [6.07, 6.45) is -3.65. The zero-order valence-corrected chi connectivity index (χ0v) is 16.3. The second-order valence-corrected chi connectivity index (χ2v) is 7.71. The zero-order chi connectivity index (χ0) is 20.8. The van der Waals surface area contributed by atoms with Crippen molar-refractivity contribution in [3.05, 3.63) is 34.9 Å². The van der Waals surface area contributed by atoms with E-state index in [0.29, 0.717) is 17.9 Å². The van der Waals surface area contributed by atoms with Crippen LogP contribution in [0.4, 0.5) is 19.0 Å². The fraction of sp³-hybridized carbons (Fsp3) is 0.500. The van der Waals surface area contributed by atoms with Gasteiger partial charge in [-0.1, -0.05) is 0 Å². The highest BCUT2D eigenvalue weighted by Crippen LogP contribution is 2.39. The van der Waals surface area contributed by atoms with Gasteiger partial charge < -0.3 is 19.6 Å². The van der Waals surface area contributed by atoms with Crippen LogP contribution in [0.3, 0.4) is 0 Å². The Morgan fingerprint density at radius 2 is 2.00 bits per heavy atom. The number of ether oxygens (including phenoxy) is 1. The minimum Gasteiger partial charge on any atom is -0.507 e. The van der Waals surface area contributed by atoms with E-state index >= 15 is 0 Å². The lowest BCUT2D eigenvalue weighted by molar-refractivity contribution is -0.137. The van der Waals surface area contributed by atoms with Crippen LogP contribution in [0.2, 0.25) is 0 Å². The molecule has 2 aromatic rings. The van der Waals surface area contributed by atoms with E-state index in [1.54, 1.807) is 0 Å². The number of benzene rings is 1. The van der Waals surface area contributed by atoms with Gasteiger partial charge in [0.2, 0.25) is 0 Å². The molecule has 0 spiro atoms. The molecule has 1 aromatic carbocycles. The van der Waals surface area contributed by atoms with Crippen LogP contribution in [0.25, 0.3) is 11.3 Å². The average molecular weight is 408 g/mol. The van der Waals surface area contributed by atoms with Gasteiger partial charge in [0.15, 0.2) is 5.82 Å². The summed E-state index contributed by atoms with van der Waals surface area (Å²) in [7, 11) is 2.07. The van der Waals surface area contributed by atoms with Crippen LogP contribution in [0.1, 0.15) is 16.7 Å². The third kappa shape index (κ3) is 4.02. The highest BCUT2D eigenvalue weighted by atomic mass is 19.4. The fourth-order valence-corrected chi connectivity index (χ4v) is 4.02. The topological polar surface area (TPSA) is 61.7 Å². The van der Waals surface area contributed by atoms with Crippen molar-refractivity contribution in [3.8, 4) is 17.0 Å². The highest BCUT2D eigenvalue weighted by molar-refractivity contribution is 5.73. The van der Waals surface area contributed by atoms with Gasteiger partial charge in [-0.25, -0.2) is 0 Å². The van der Waals surface area contributed by atoms with E-state index in [9.17, 15) is 18.3 Å². The van der Waals surface area contributed by atoms with Crippen molar-refractivity contribution in [2.45, 2.75) is 25.6 Å². The molecule has 2 aliphatic heterocycles. The van der Waals surface area contributed by atoms with E-state index in [0.717, 1.165) is 56.1 Å². The predicted molar refractivity (Wildman–Crippen MR) is 102 cm³/mol. The Labute approximate surface area is 166 Å². The molecule has 0 aliphatic carbocycles. The van der Waals surface area contributed by atoms with Crippen molar-refractivity contribution in [3.63, 3.8) is 0 Å². The smallest absolute Gasteiger partial charge is 0.416 e. The number of morpholine rings is 1. The van der Waals surface area contributed by atoms with Crippen LogP contribution in [0, 0.1) is 6.92 Å². The Morgan fingerprint density at radius 3 is 2.69 bits per heavy atom. The molecular weight excluding hydrogens is 385 g/mol. The van der Waals surface area contributed by atoms with Gasteiger partial charge in [-0.05, 0) is 44.2 Å². The Hall–Kier alpha value is -2.39. The first-order chi connectivity index (χ1) is 13.7. The predicted octanol–water partition coefficient (Wildman–Crippen LogP) is 2.87. The van der Waals surface area contributed by atoms with E-state index in [1.165, 1.54) is 6.92 Å². The molecule has 1 saturated heterocycles. The molecule has 0 unspecified atom stereocenters. The summed E-state index contributed by atoms with van der Waals surface area (Å²) < 4.78 is 44.7. The van der Waals surface area contributed by atoms with Crippen molar-refractivity contribution in [1.82, 2.24) is 15.1 Å². The van der Waals surface area contributed by atoms with E-state index < -0.39 is 17.5 Å². The van der Waals surface area contributed by atoms with Crippen LogP contribution < -0.4 is 4.90 Å². The quantitative estimate of drug-likeness (QED) is 0.843. The van der Waals surface area contributed by atoms with Gasteiger partial charge in [-0.15, -0.1) is 10.2 Å². The van der Waals surface area contributed by atoms with Gasteiger partial charge >= 0.3 is 6.18 Å². The number of rotatable bonds is 3. The summed E-state index contributed by atoms with van der Waals surface area (Å²) in [6.45, 7) is 5.52. The molecule has 1 aromatic heterocycles. The van der Waals surface area contributed by atoms with Gasteiger partial charge in [0, 0.05) is 37.3 Å². The molecule has 1 atom stereocenters. The summed E-state index contributed by atoms with van der Waals surface area (Å²) in [5.74, 6) is 0.328. The SMILES string of the molecule is Cc1cc(C(F)(F)F)cc(O)c1-c1cc2c(nn1)N(C[C@H]1CN(C)CCO1)CC2. The van der Waals surface area contributed by atoms with Gasteiger partial charge in [0.05, 0.1) is 24.0 Å². The number of alkyl halides is 3. The molecule has 1 fully saturated rings. The molecule has 0 radical (unpaired) electrons. The van der Waals surface area contributed by atoms with Gasteiger partial charge in [0.1, 0.15) is 5.75 Å². The molecular formula is C20H23F3N4O2. The summed E-state index contributed by atoms with van der Waals surface area (Å²) >= 11 is 0. The molecule has 0 bridgehead atoms. The molecule has 9 heteroatoms. The van der Waals surface area contributed by atoms with Crippen molar-refractivity contribution >= 4 is 5.82 Å². The fourth-order valence-electron chi connectivity index (χ4n) is 4.02. The first-order valence-electron chi connectivity index (χ1n) is 9.55. The number of phenolic OH excluding ortho intramolecular Hbond substituents is 1. The first-order valence-corrected chi connectivity index (χ1v) is 9.55. The zero-order valence-electron chi connectivity index (χ0n) is 16.3. The summed E-state index contributed by atoms with van der Waals surface area (Å²) in [5, 5.41) is 18.8. The lowest BCUT2D eigenvalue weighted by atomic mass is 9.99. The maximum absolute atomic E-state index is 13.0. The van der Waals surface area contributed by atoms with E-state index in [4.69, 9.17) is 4.74 Å². The molecule has 2 aliphatic rings. The largest absolute Gasteiger partial charge is 0.507 e. The van der Waals surface area contributed by atoms with Crippen LogP contribution in [0.5, 0.6) is 5.75 Å². The van der Waals surface area contributed by atoms with Crippen LogP contribution in [0.15, 0.2) is 18.2 Å². The van der Waals surface area contributed by atoms with Crippen LogP contribution >= 0.6 is 0 Å². The number of phenols is 1. The molecule has 4 rings (SSSR count). The Kier molecular flexibility index (Phi) is 5.12. The second kappa shape index (κ2) is 7.46. The normalized spacial score (nSPS) is 20.2. The lowest BCUT2D eigenvalue weighted by Gasteiger charge is -2.32. The number of halogens is 3. The number of anilines is 1. The van der Waals surface area contributed by atoms with E-state index in [1.807, 2.05) is 6.07 Å². The van der Waals surface area contributed by atoms with Crippen LogP contribution in [-0.4, -0.2) is 66.1 Å². The van der Waals surface area contributed by atoms with Crippen molar-refractivity contribution in [2.24, 2.45) is 0 Å². The van der Waals surface area contributed by atoms with Gasteiger partial charge in [0.25, 0.3) is 0 Å². The second-order valence-electron chi connectivity index (χ2n) is 7.71. The number of aromatic nitrogens is 2. The number of likely N-dealkylation sites (N-methyl/N-ethyl adjacent to an activating group) is 1. The highest BCUT2D eigenvalue weighted by Gasteiger charge is 2.33. The number of aryl methyl sites for hydroxylation is 1. The summed E-state index contributed by atoms with van der Waals surface area (Å²) in [6, 6.07) is 3.57. The molecule has 0 amide bonds. The van der Waals surface area contributed by atoms with E-state index in [-0.39, 0.29) is 11.7 Å². The third-order valence-corrected chi connectivity index (χ3v) is 5.47. The summed E-state index contributed by atoms with van der Waals surface area (Å²) in [4.78, 5) is 4.37. The Balaban J connectivity index is 1.58. The number of fused-ring (bicyclic) bond motifs is 1. The van der Waals surface area contributed by atoms with Gasteiger partial charge in [-0.2, -0.15) is 13.2 Å².